The van der Waals surface area contributed by atoms with Crippen molar-refractivity contribution in [1.29, 1.82) is 0 Å². The Morgan fingerprint density at radius 2 is 2.25 bits per heavy atom. The number of hydrazine groups is 1. The van der Waals surface area contributed by atoms with Crippen molar-refractivity contribution < 1.29 is 4.74 Å². The molecule has 1 aliphatic rings. The zero-order valence-electron chi connectivity index (χ0n) is 12.5. The van der Waals surface area contributed by atoms with Crippen LogP contribution in [-0.4, -0.2) is 25.7 Å². The summed E-state index contributed by atoms with van der Waals surface area (Å²) in [6, 6.07) is 9.19. The first-order valence-corrected chi connectivity index (χ1v) is 7.15. The quantitative estimate of drug-likeness (QED) is 0.754. The zero-order chi connectivity index (χ0) is 13.7. The van der Waals surface area contributed by atoms with Crippen molar-refractivity contribution in [1.82, 2.24) is 16.2 Å². The van der Waals surface area contributed by atoms with Gasteiger partial charge in [-0.05, 0) is 38.5 Å². The highest BCUT2D eigenvalue weighted by molar-refractivity contribution is 5.85. The van der Waals surface area contributed by atoms with Crippen LogP contribution in [-0.2, 0) is 0 Å². The molecule has 0 spiro atoms. The van der Waals surface area contributed by atoms with E-state index >= 15 is 0 Å². The zero-order valence-corrected chi connectivity index (χ0v) is 13.3. The Balaban J connectivity index is 0.00000200. The van der Waals surface area contributed by atoms with Gasteiger partial charge in [-0.15, -0.1) is 12.4 Å². The summed E-state index contributed by atoms with van der Waals surface area (Å²) in [5, 5.41) is 3.61. The van der Waals surface area contributed by atoms with Gasteiger partial charge in [-0.2, -0.15) is 0 Å². The average molecular weight is 300 g/mol. The topological polar surface area (TPSA) is 45.3 Å². The first kappa shape index (κ1) is 17.2. The molecule has 0 radical (unpaired) electrons. The van der Waals surface area contributed by atoms with Crippen LogP contribution in [0, 0.1) is 5.92 Å². The fraction of sp³-hybridized carbons (Fsp3) is 0.600. The standard InChI is InChI=1S/C15H25N3O.ClH/c1-4-19-15-7-5-6-13(8-15)11(2)16-9-14-10-17-18-12(14)3;/h5-8,11-12,14,16-18H,4,9-10H2,1-3H3;1H. The molecule has 1 aromatic rings. The first-order chi connectivity index (χ1) is 9.20. The second-order valence-electron chi connectivity index (χ2n) is 5.21. The third kappa shape index (κ3) is 4.63. The van der Waals surface area contributed by atoms with Crippen LogP contribution in [0.5, 0.6) is 5.75 Å². The number of benzene rings is 1. The molecule has 1 saturated heterocycles. The summed E-state index contributed by atoms with van der Waals surface area (Å²) in [7, 11) is 0. The normalized spacial score (nSPS) is 23.1. The summed E-state index contributed by atoms with van der Waals surface area (Å²) in [5.74, 6) is 1.59. The summed E-state index contributed by atoms with van der Waals surface area (Å²) >= 11 is 0. The van der Waals surface area contributed by atoms with Crippen molar-refractivity contribution in [3.63, 3.8) is 0 Å². The van der Waals surface area contributed by atoms with E-state index in [2.05, 4.69) is 48.2 Å². The monoisotopic (exact) mass is 299 g/mol. The first-order valence-electron chi connectivity index (χ1n) is 7.15. The van der Waals surface area contributed by atoms with Crippen LogP contribution in [0.2, 0.25) is 0 Å². The van der Waals surface area contributed by atoms with E-state index < -0.39 is 0 Å². The van der Waals surface area contributed by atoms with Crippen molar-refractivity contribution in [2.75, 3.05) is 19.7 Å². The Morgan fingerprint density at radius 3 is 2.90 bits per heavy atom. The Labute approximate surface area is 128 Å². The Kier molecular flexibility index (Phi) is 7.30. The van der Waals surface area contributed by atoms with E-state index in [1.807, 2.05) is 13.0 Å². The van der Waals surface area contributed by atoms with E-state index in [1.165, 1.54) is 5.56 Å². The molecule has 0 aliphatic carbocycles. The largest absolute Gasteiger partial charge is 0.494 e. The second kappa shape index (κ2) is 8.47. The maximum absolute atomic E-state index is 5.54. The summed E-state index contributed by atoms with van der Waals surface area (Å²) in [6.07, 6.45) is 0. The summed E-state index contributed by atoms with van der Waals surface area (Å²) in [5.41, 5.74) is 7.73. The van der Waals surface area contributed by atoms with Crippen LogP contribution in [0.1, 0.15) is 32.4 Å². The van der Waals surface area contributed by atoms with Gasteiger partial charge in [-0.25, -0.2) is 0 Å². The van der Waals surface area contributed by atoms with Gasteiger partial charge in [-0.3, -0.25) is 10.9 Å². The van der Waals surface area contributed by atoms with Crippen LogP contribution >= 0.6 is 12.4 Å². The summed E-state index contributed by atoms with van der Waals surface area (Å²) in [6.45, 7) is 9.18. The number of rotatable bonds is 6. The summed E-state index contributed by atoms with van der Waals surface area (Å²) in [4.78, 5) is 0. The predicted octanol–water partition coefficient (Wildman–Crippen LogP) is 2.27. The van der Waals surface area contributed by atoms with Crippen LogP contribution in [0.25, 0.3) is 0 Å². The molecule has 114 valence electrons. The van der Waals surface area contributed by atoms with Crippen LogP contribution < -0.4 is 20.9 Å². The van der Waals surface area contributed by atoms with Gasteiger partial charge in [0.05, 0.1) is 6.61 Å². The highest BCUT2D eigenvalue weighted by atomic mass is 35.5. The Hall–Kier alpha value is -0.810. The smallest absolute Gasteiger partial charge is 0.119 e. The van der Waals surface area contributed by atoms with Gasteiger partial charge in [0, 0.05) is 31.1 Å². The van der Waals surface area contributed by atoms with Gasteiger partial charge in [-0.1, -0.05) is 12.1 Å². The molecule has 1 fully saturated rings. The van der Waals surface area contributed by atoms with Crippen LogP contribution in [0.3, 0.4) is 0 Å². The molecule has 0 saturated carbocycles. The molecule has 0 amide bonds. The van der Waals surface area contributed by atoms with Crippen molar-refractivity contribution in [3.8, 4) is 5.75 Å². The fourth-order valence-corrected chi connectivity index (χ4v) is 2.38. The van der Waals surface area contributed by atoms with Gasteiger partial charge in [0.15, 0.2) is 0 Å². The fourth-order valence-electron chi connectivity index (χ4n) is 2.38. The number of ether oxygens (including phenoxy) is 1. The average Bonchev–Trinajstić information content (AvgIpc) is 2.82. The predicted molar refractivity (Wildman–Crippen MR) is 85.4 cm³/mol. The Morgan fingerprint density at radius 1 is 1.45 bits per heavy atom. The van der Waals surface area contributed by atoms with E-state index in [0.717, 1.165) is 18.8 Å². The molecular formula is C15H26ClN3O. The van der Waals surface area contributed by atoms with Crippen molar-refractivity contribution >= 4 is 12.4 Å². The summed E-state index contributed by atoms with van der Waals surface area (Å²) < 4.78 is 5.54. The molecule has 1 heterocycles. The lowest BCUT2D eigenvalue weighted by atomic mass is 10.0. The maximum atomic E-state index is 5.54. The highest BCUT2D eigenvalue weighted by Gasteiger charge is 2.22. The lowest BCUT2D eigenvalue weighted by Gasteiger charge is -2.20. The Bertz CT molecular complexity index is 402. The lowest BCUT2D eigenvalue weighted by Crippen LogP contribution is -2.33. The molecule has 0 aromatic heterocycles. The van der Waals surface area contributed by atoms with Gasteiger partial charge >= 0.3 is 0 Å². The number of hydrogen-bond acceptors (Lipinski definition) is 4. The third-order valence-electron chi connectivity index (χ3n) is 3.76. The number of nitrogens with one attached hydrogen (secondary N) is 3. The molecule has 2 rings (SSSR count). The van der Waals surface area contributed by atoms with Crippen molar-refractivity contribution in [3.05, 3.63) is 29.8 Å². The van der Waals surface area contributed by atoms with E-state index in [9.17, 15) is 0 Å². The van der Waals surface area contributed by atoms with E-state index in [0.29, 0.717) is 24.6 Å². The minimum Gasteiger partial charge on any atom is -0.494 e. The molecule has 4 nitrogen and oxygen atoms in total. The number of hydrogen-bond donors (Lipinski definition) is 3. The molecule has 5 heteroatoms. The molecular weight excluding hydrogens is 274 g/mol. The van der Waals surface area contributed by atoms with Crippen molar-refractivity contribution in [2.24, 2.45) is 5.92 Å². The van der Waals surface area contributed by atoms with E-state index in [4.69, 9.17) is 4.74 Å². The third-order valence-corrected chi connectivity index (χ3v) is 3.76. The molecule has 3 unspecified atom stereocenters. The highest BCUT2D eigenvalue weighted by Crippen LogP contribution is 2.19. The minimum atomic E-state index is 0. The minimum absolute atomic E-state index is 0. The molecule has 1 aliphatic heterocycles. The van der Waals surface area contributed by atoms with Crippen LogP contribution in [0.15, 0.2) is 24.3 Å². The van der Waals surface area contributed by atoms with Gasteiger partial charge in [0.1, 0.15) is 5.75 Å². The number of halogens is 1. The molecule has 20 heavy (non-hydrogen) atoms. The molecule has 3 N–H and O–H groups in total. The van der Waals surface area contributed by atoms with Gasteiger partial charge in [0.25, 0.3) is 0 Å². The molecule has 0 bridgehead atoms. The van der Waals surface area contributed by atoms with E-state index in [-0.39, 0.29) is 12.4 Å². The second-order valence-corrected chi connectivity index (χ2v) is 5.21. The van der Waals surface area contributed by atoms with Crippen molar-refractivity contribution in [2.45, 2.75) is 32.9 Å². The van der Waals surface area contributed by atoms with Gasteiger partial charge in [0.2, 0.25) is 0 Å². The SMILES string of the molecule is CCOc1cccc(C(C)NCC2CNNC2C)c1.Cl. The lowest BCUT2D eigenvalue weighted by molar-refractivity contribution is 0.339. The van der Waals surface area contributed by atoms with Crippen LogP contribution in [0.4, 0.5) is 0 Å². The molecule has 1 aromatic carbocycles. The van der Waals surface area contributed by atoms with Gasteiger partial charge < -0.3 is 10.1 Å². The molecule has 3 atom stereocenters. The maximum Gasteiger partial charge on any atom is 0.119 e. The van der Waals surface area contributed by atoms with E-state index in [1.54, 1.807) is 0 Å².